The lowest BCUT2D eigenvalue weighted by Gasteiger charge is -2.25. The Labute approximate surface area is 271 Å². The van der Waals surface area contributed by atoms with Gasteiger partial charge in [0.05, 0.1) is 40.0 Å². The van der Waals surface area contributed by atoms with Crippen molar-refractivity contribution in [3.05, 3.63) is 123 Å². The third-order valence-corrected chi connectivity index (χ3v) is 8.39. The van der Waals surface area contributed by atoms with E-state index in [9.17, 15) is 32.9 Å². The maximum atomic E-state index is 14.1. The Balaban J connectivity index is 1.68. The van der Waals surface area contributed by atoms with Gasteiger partial charge in [0.1, 0.15) is 17.5 Å². The minimum atomic E-state index is -4.80. The quantitative estimate of drug-likeness (QED) is 0.119. The molecular weight excluding hydrogens is 695 g/mol. The van der Waals surface area contributed by atoms with E-state index in [0.29, 0.717) is 33.6 Å². The molecule has 5 rings (SSSR count). The van der Waals surface area contributed by atoms with Crippen molar-refractivity contribution in [1.29, 1.82) is 0 Å². The van der Waals surface area contributed by atoms with Crippen molar-refractivity contribution in [1.82, 2.24) is 4.57 Å². The van der Waals surface area contributed by atoms with Crippen LogP contribution in [0.15, 0.2) is 86.2 Å². The van der Waals surface area contributed by atoms with Gasteiger partial charge < -0.3 is 14.2 Å². The van der Waals surface area contributed by atoms with Crippen molar-refractivity contribution in [2.75, 3.05) is 13.7 Å². The summed E-state index contributed by atoms with van der Waals surface area (Å²) in [5.41, 5.74) is -1.29. The molecule has 0 bridgehead atoms. The fraction of sp³-hybridized carbons (Fsp3) is 0.194. The van der Waals surface area contributed by atoms with E-state index in [4.69, 9.17) is 14.2 Å². The second-order valence-electron chi connectivity index (χ2n) is 9.77. The number of nitro benzene ring substituents is 1. The molecule has 46 heavy (non-hydrogen) atoms. The number of carbonyl (C=O) groups excluding carboxylic acids is 1. The second-order valence-corrected chi connectivity index (χ2v) is 11.7. The molecule has 1 unspecified atom stereocenters. The summed E-state index contributed by atoms with van der Waals surface area (Å²) in [6, 6.07) is 12.5. The lowest BCUT2D eigenvalue weighted by molar-refractivity contribution is -0.385. The van der Waals surface area contributed by atoms with Gasteiger partial charge in [-0.2, -0.15) is 13.2 Å². The van der Waals surface area contributed by atoms with Crippen LogP contribution >= 0.6 is 27.3 Å². The molecule has 0 amide bonds. The number of methoxy groups -OCH3 is 1. The predicted molar refractivity (Wildman–Crippen MR) is 166 cm³/mol. The number of aromatic nitrogens is 1. The highest BCUT2D eigenvalue weighted by Gasteiger charge is 2.36. The van der Waals surface area contributed by atoms with Crippen LogP contribution in [-0.2, 0) is 15.7 Å². The molecule has 0 saturated heterocycles. The number of thiazole rings is 1. The summed E-state index contributed by atoms with van der Waals surface area (Å²) in [7, 11) is 1.47. The Morgan fingerprint density at radius 1 is 1.13 bits per heavy atom. The number of nitrogens with zero attached hydrogens (tertiary/aromatic N) is 3. The summed E-state index contributed by atoms with van der Waals surface area (Å²) in [4.78, 5) is 42.8. The zero-order chi connectivity index (χ0) is 33.3. The number of hydrogen-bond acceptors (Lipinski definition) is 9. The summed E-state index contributed by atoms with van der Waals surface area (Å²) >= 11 is 4.39. The van der Waals surface area contributed by atoms with E-state index < -0.39 is 45.7 Å². The van der Waals surface area contributed by atoms with Gasteiger partial charge in [-0.3, -0.25) is 19.5 Å². The first kappa shape index (κ1) is 32.6. The molecule has 238 valence electrons. The van der Waals surface area contributed by atoms with Crippen LogP contribution in [0.3, 0.4) is 0 Å². The molecule has 1 aromatic heterocycles. The summed E-state index contributed by atoms with van der Waals surface area (Å²) in [5.74, 6) is -0.613. The van der Waals surface area contributed by atoms with Gasteiger partial charge in [0, 0.05) is 21.7 Å². The largest absolute Gasteiger partial charge is 0.496 e. The van der Waals surface area contributed by atoms with Crippen molar-refractivity contribution in [3.63, 3.8) is 0 Å². The maximum Gasteiger partial charge on any atom is 0.416 e. The van der Waals surface area contributed by atoms with Crippen LogP contribution < -0.4 is 24.4 Å². The van der Waals surface area contributed by atoms with Gasteiger partial charge in [-0.1, -0.05) is 45.5 Å². The number of esters is 1. The molecule has 0 saturated carbocycles. The topological polar surface area (TPSA) is 122 Å². The average molecular weight is 719 g/mol. The first-order valence-electron chi connectivity index (χ1n) is 13.5. The van der Waals surface area contributed by atoms with Crippen molar-refractivity contribution < 1.29 is 37.1 Å². The molecule has 0 aliphatic carbocycles. The summed E-state index contributed by atoms with van der Waals surface area (Å²) in [6.07, 6.45) is -3.32. The average Bonchev–Trinajstić information content (AvgIpc) is 3.31. The van der Waals surface area contributed by atoms with Crippen LogP contribution in [-0.4, -0.2) is 29.2 Å². The molecule has 0 fully saturated rings. The van der Waals surface area contributed by atoms with Crippen molar-refractivity contribution >= 4 is 45.0 Å². The Morgan fingerprint density at radius 3 is 2.52 bits per heavy atom. The number of fused-ring (bicyclic) bond motifs is 1. The standard InChI is InChI=1S/C31H23BrF3N3O7S/c1-4-44-29(40)26-16(2)36-30-37(27(26)20-7-5-6-8-23(20)43-3)28(39)25(46-30)14-17-13-19(32)10-12-22(17)45-24-11-9-18(31(33,34)35)15-21(24)38(41)42/h5-15,27H,4H2,1-3H3. The summed E-state index contributed by atoms with van der Waals surface area (Å²) in [6.45, 7) is 3.41. The Kier molecular flexibility index (Phi) is 9.17. The van der Waals surface area contributed by atoms with Crippen molar-refractivity contribution in [2.45, 2.75) is 26.1 Å². The highest BCUT2D eigenvalue weighted by molar-refractivity contribution is 9.10. The molecular formula is C31H23BrF3N3O7S. The number of rotatable bonds is 8. The van der Waals surface area contributed by atoms with Crippen molar-refractivity contribution in [2.24, 2.45) is 4.99 Å². The number of para-hydroxylation sites is 1. The minimum Gasteiger partial charge on any atom is -0.496 e. The number of benzene rings is 3. The van der Waals surface area contributed by atoms with Crippen molar-refractivity contribution in [3.8, 4) is 17.2 Å². The number of ether oxygens (including phenoxy) is 3. The highest BCUT2D eigenvalue weighted by Crippen LogP contribution is 2.39. The van der Waals surface area contributed by atoms with E-state index in [2.05, 4.69) is 20.9 Å². The number of nitro groups is 1. The van der Waals surface area contributed by atoms with Crippen LogP contribution in [0.1, 0.15) is 36.6 Å². The lowest BCUT2D eigenvalue weighted by Crippen LogP contribution is -2.40. The predicted octanol–water partition coefficient (Wildman–Crippen LogP) is 6.29. The molecule has 4 aromatic rings. The zero-order valence-corrected chi connectivity index (χ0v) is 26.7. The van der Waals surface area contributed by atoms with Crippen LogP contribution in [0.5, 0.6) is 17.2 Å². The van der Waals surface area contributed by atoms with E-state index in [0.717, 1.165) is 17.4 Å². The third-order valence-electron chi connectivity index (χ3n) is 6.91. The Bertz CT molecular complexity index is 2090. The van der Waals surface area contributed by atoms with E-state index in [-0.39, 0.29) is 32.8 Å². The van der Waals surface area contributed by atoms with Gasteiger partial charge in [-0.25, -0.2) is 9.79 Å². The normalized spacial score (nSPS) is 14.8. The first-order valence-corrected chi connectivity index (χ1v) is 15.1. The van der Waals surface area contributed by atoms with Gasteiger partial charge in [0.15, 0.2) is 4.80 Å². The number of hydrogen-bond donors (Lipinski definition) is 0. The van der Waals surface area contributed by atoms with Gasteiger partial charge >= 0.3 is 17.8 Å². The summed E-state index contributed by atoms with van der Waals surface area (Å²) in [5, 5.41) is 11.7. The Morgan fingerprint density at radius 2 is 1.85 bits per heavy atom. The van der Waals surface area contributed by atoms with Crippen LogP contribution in [0, 0.1) is 10.1 Å². The molecule has 2 heterocycles. The third kappa shape index (κ3) is 6.33. The van der Waals surface area contributed by atoms with E-state index in [1.54, 1.807) is 50.2 Å². The number of carbonyl (C=O) groups is 1. The van der Waals surface area contributed by atoms with Crippen LogP contribution in [0.4, 0.5) is 18.9 Å². The minimum absolute atomic E-state index is 0.0292. The number of allylic oxidation sites excluding steroid dienone is 1. The molecule has 1 aliphatic rings. The van der Waals surface area contributed by atoms with Gasteiger partial charge in [-0.15, -0.1) is 0 Å². The smallest absolute Gasteiger partial charge is 0.416 e. The molecule has 0 radical (unpaired) electrons. The van der Waals surface area contributed by atoms with E-state index in [1.807, 2.05) is 0 Å². The zero-order valence-electron chi connectivity index (χ0n) is 24.3. The van der Waals surface area contributed by atoms with E-state index in [1.165, 1.54) is 23.8 Å². The molecule has 3 aromatic carbocycles. The van der Waals surface area contributed by atoms with Crippen LogP contribution in [0.25, 0.3) is 6.08 Å². The fourth-order valence-corrected chi connectivity index (χ4v) is 6.30. The number of halogens is 4. The van der Waals surface area contributed by atoms with Gasteiger partial charge in [0.2, 0.25) is 5.75 Å². The molecule has 15 heteroatoms. The highest BCUT2D eigenvalue weighted by atomic mass is 79.9. The molecule has 0 spiro atoms. The fourth-order valence-electron chi connectivity index (χ4n) is 4.89. The first-order chi connectivity index (χ1) is 21.8. The van der Waals surface area contributed by atoms with E-state index >= 15 is 0 Å². The second kappa shape index (κ2) is 12.9. The maximum absolute atomic E-state index is 14.1. The lowest BCUT2D eigenvalue weighted by atomic mass is 9.95. The molecule has 1 atom stereocenters. The Hall–Kier alpha value is -4.76. The number of alkyl halides is 3. The van der Waals surface area contributed by atoms with Gasteiger partial charge in [-0.05, 0) is 56.3 Å². The van der Waals surface area contributed by atoms with Crippen LogP contribution in [0.2, 0.25) is 0 Å². The molecule has 10 nitrogen and oxygen atoms in total. The SMILES string of the molecule is CCOC(=O)C1=C(C)N=c2sc(=Cc3cc(Br)ccc3Oc3ccc(C(F)(F)F)cc3[N+](=O)[O-])c(=O)n2C1c1ccccc1OC. The molecule has 1 aliphatic heterocycles. The molecule has 0 N–H and O–H groups in total. The van der Waals surface area contributed by atoms with Gasteiger partial charge in [0.25, 0.3) is 5.56 Å². The monoisotopic (exact) mass is 717 g/mol. The summed E-state index contributed by atoms with van der Waals surface area (Å²) < 4.78 is 58.5.